The van der Waals surface area contributed by atoms with Gasteiger partial charge >= 0.3 is 0 Å². The number of rotatable bonds is 4. The molecule has 2 aliphatic rings. The van der Waals surface area contributed by atoms with Crippen molar-refractivity contribution in [2.45, 2.75) is 38.8 Å². The number of piperazine rings is 1. The minimum absolute atomic E-state index is 0.675. The molecule has 0 radical (unpaired) electrons. The van der Waals surface area contributed by atoms with E-state index >= 15 is 0 Å². The molecule has 2 fully saturated rings. The van der Waals surface area contributed by atoms with E-state index in [2.05, 4.69) is 48.0 Å². The molecule has 20 heavy (non-hydrogen) atoms. The summed E-state index contributed by atoms with van der Waals surface area (Å²) in [5.74, 6) is 0.780. The average Bonchev–Trinajstić information content (AvgIpc) is 2.67. The molecule has 118 valence electrons. The Kier molecular flexibility index (Phi) is 6.27. The predicted octanol–water partition coefficient (Wildman–Crippen LogP) is 0.942. The lowest BCUT2D eigenvalue weighted by Gasteiger charge is -2.40. The molecule has 0 aromatic heterocycles. The Morgan fingerprint density at radius 1 is 1.15 bits per heavy atom. The fourth-order valence-corrected chi connectivity index (χ4v) is 3.45. The van der Waals surface area contributed by atoms with E-state index in [0.29, 0.717) is 12.1 Å². The molecule has 0 aromatic carbocycles. The Balaban J connectivity index is 1.89. The van der Waals surface area contributed by atoms with Crippen molar-refractivity contribution in [2.24, 2.45) is 5.92 Å². The van der Waals surface area contributed by atoms with Crippen LogP contribution in [0.15, 0.2) is 0 Å². The van der Waals surface area contributed by atoms with Crippen LogP contribution in [-0.2, 0) is 0 Å². The van der Waals surface area contributed by atoms with Crippen LogP contribution in [0, 0.1) is 5.92 Å². The van der Waals surface area contributed by atoms with Crippen LogP contribution in [0.2, 0.25) is 0 Å². The maximum atomic E-state index is 3.75. The zero-order chi connectivity index (χ0) is 14.5. The summed E-state index contributed by atoms with van der Waals surface area (Å²) in [6, 6.07) is 1.37. The van der Waals surface area contributed by atoms with Crippen LogP contribution < -0.4 is 5.32 Å². The third-order valence-electron chi connectivity index (χ3n) is 5.29. The normalized spacial score (nSPS) is 33.0. The summed E-state index contributed by atoms with van der Waals surface area (Å²) in [6.45, 7) is 13.2. The monoisotopic (exact) mass is 282 g/mol. The van der Waals surface area contributed by atoms with Crippen LogP contribution in [0.5, 0.6) is 0 Å². The van der Waals surface area contributed by atoms with Gasteiger partial charge in [-0.25, -0.2) is 0 Å². The highest BCUT2D eigenvalue weighted by Gasteiger charge is 2.27. The molecular formula is C16H34N4. The van der Waals surface area contributed by atoms with Crippen LogP contribution in [0.3, 0.4) is 0 Å². The molecule has 0 bridgehead atoms. The number of likely N-dealkylation sites (N-methyl/N-ethyl adjacent to an activating group) is 2. The smallest absolute Gasteiger partial charge is 0.0347 e. The van der Waals surface area contributed by atoms with Crippen molar-refractivity contribution in [2.75, 3.05) is 59.9 Å². The summed E-state index contributed by atoms with van der Waals surface area (Å²) in [5.41, 5.74) is 0. The SMILES string of the molecule is CCC(C)C1CN(CC2CN(C)CCN2C)CCCN1. The van der Waals surface area contributed by atoms with Crippen molar-refractivity contribution < 1.29 is 0 Å². The summed E-state index contributed by atoms with van der Waals surface area (Å²) in [7, 11) is 4.55. The van der Waals surface area contributed by atoms with E-state index in [1.807, 2.05) is 0 Å². The zero-order valence-electron chi connectivity index (χ0n) is 13.9. The maximum absolute atomic E-state index is 3.75. The van der Waals surface area contributed by atoms with Crippen LogP contribution in [0.1, 0.15) is 26.7 Å². The summed E-state index contributed by atoms with van der Waals surface area (Å²) in [6.07, 6.45) is 2.57. The lowest BCUT2D eigenvalue weighted by atomic mass is 9.98. The van der Waals surface area contributed by atoms with Gasteiger partial charge in [-0.3, -0.25) is 4.90 Å². The fourth-order valence-electron chi connectivity index (χ4n) is 3.45. The zero-order valence-corrected chi connectivity index (χ0v) is 13.9. The van der Waals surface area contributed by atoms with E-state index in [0.717, 1.165) is 5.92 Å². The van der Waals surface area contributed by atoms with Gasteiger partial charge in [0.05, 0.1) is 0 Å². The van der Waals surface area contributed by atoms with Gasteiger partial charge < -0.3 is 15.1 Å². The molecule has 0 aliphatic carbocycles. The second kappa shape index (κ2) is 7.74. The van der Waals surface area contributed by atoms with E-state index < -0.39 is 0 Å². The van der Waals surface area contributed by atoms with Gasteiger partial charge in [0.2, 0.25) is 0 Å². The van der Waals surface area contributed by atoms with Crippen molar-refractivity contribution in [3.8, 4) is 0 Å². The minimum atomic E-state index is 0.675. The van der Waals surface area contributed by atoms with E-state index in [1.54, 1.807) is 0 Å². The standard InChI is InChI=1S/C16H34N4/c1-5-14(2)16-13-20(8-6-7-17-16)12-15-11-18(3)9-10-19(15)4/h14-17H,5-13H2,1-4H3. The molecule has 4 nitrogen and oxygen atoms in total. The first-order valence-electron chi connectivity index (χ1n) is 8.44. The molecule has 2 heterocycles. The molecule has 0 amide bonds. The maximum Gasteiger partial charge on any atom is 0.0347 e. The number of nitrogens with one attached hydrogen (secondary N) is 1. The van der Waals surface area contributed by atoms with Gasteiger partial charge in [0.15, 0.2) is 0 Å². The van der Waals surface area contributed by atoms with Gasteiger partial charge in [-0.05, 0) is 39.5 Å². The second-order valence-corrected chi connectivity index (χ2v) is 6.96. The molecular weight excluding hydrogens is 248 g/mol. The molecule has 2 rings (SSSR count). The molecule has 4 heteroatoms. The van der Waals surface area contributed by atoms with Crippen molar-refractivity contribution in [1.82, 2.24) is 20.0 Å². The first kappa shape index (κ1) is 16.2. The Morgan fingerprint density at radius 3 is 2.70 bits per heavy atom. The van der Waals surface area contributed by atoms with E-state index in [1.165, 1.54) is 58.7 Å². The lowest BCUT2D eigenvalue weighted by Crippen LogP contribution is -2.55. The van der Waals surface area contributed by atoms with Gasteiger partial charge in [0.1, 0.15) is 0 Å². The number of nitrogens with zero attached hydrogens (tertiary/aromatic N) is 3. The Labute approximate surface area is 125 Å². The first-order chi connectivity index (χ1) is 9.60. The Hall–Kier alpha value is -0.160. The van der Waals surface area contributed by atoms with E-state index in [-0.39, 0.29) is 0 Å². The van der Waals surface area contributed by atoms with Crippen molar-refractivity contribution >= 4 is 0 Å². The molecule has 1 N–H and O–H groups in total. The van der Waals surface area contributed by atoms with Crippen LogP contribution >= 0.6 is 0 Å². The van der Waals surface area contributed by atoms with Crippen LogP contribution in [-0.4, -0.2) is 86.7 Å². The molecule has 3 unspecified atom stereocenters. The van der Waals surface area contributed by atoms with Gasteiger partial charge in [0, 0.05) is 44.8 Å². The topological polar surface area (TPSA) is 21.8 Å². The highest BCUT2D eigenvalue weighted by molar-refractivity contribution is 4.85. The van der Waals surface area contributed by atoms with Crippen LogP contribution in [0.25, 0.3) is 0 Å². The molecule has 2 aliphatic heterocycles. The Morgan fingerprint density at radius 2 is 1.95 bits per heavy atom. The van der Waals surface area contributed by atoms with Crippen molar-refractivity contribution in [1.29, 1.82) is 0 Å². The summed E-state index contributed by atoms with van der Waals surface area (Å²) >= 11 is 0. The quantitative estimate of drug-likeness (QED) is 0.828. The largest absolute Gasteiger partial charge is 0.312 e. The number of hydrogen-bond acceptors (Lipinski definition) is 4. The summed E-state index contributed by atoms with van der Waals surface area (Å²) < 4.78 is 0. The second-order valence-electron chi connectivity index (χ2n) is 6.96. The molecule has 0 aromatic rings. The Bertz CT molecular complexity index is 284. The fraction of sp³-hybridized carbons (Fsp3) is 1.00. The van der Waals surface area contributed by atoms with Gasteiger partial charge in [-0.2, -0.15) is 0 Å². The highest BCUT2D eigenvalue weighted by Crippen LogP contribution is 2.14. The summed E-state index contributed by atoms with van der Waals surface area (Å²) in [4.78, 5) is 7.74. The van der Waals surface area contributed by atoms with Crippen molar-refractivity contribution in [3.05, 3.63) is 0 Å². The molecule has 2 saturated heterocycles. The first-order valence-corrected chi connectivity index (χ1v) is 8.44. The van der Waals surface area contributed by atoms with Gasteiger partial charge in [0.25, 0.3) is 0 Å². The average molecular weight is 282 g/mol. The third-order valence-corrected chi connectivity index (χ3v) is 5.29. The van der Waals surface area contributed by atoms with E-state index in [9.17, 15) is 0 Å². The summed E-state index contributed by atoms with van der Waals surface area (Å²) in [5, 5.41) is 3.75. The van der Waals surface area contributed by atoms with E-state index in [4.69, 9.17) is 0 Å². The minimum Gasteiger partial charge on any atom is -0.312 e. The highest BCUT2D eigenvalue weighted by atomic mass is 15.3. The van der Waals surface area contributed by atoms with Crippen LogP contribution in [0.4, 0.5) is 0 Å². The number of hydrogen-bond donors (Lipinski definition) is 1. The lowest BCUT2D eigenvalue weighted by molar-refractivity contribution is 0.0798. The predicted molar refractivity (Wildman–Crippen MR) is 86.2 cm³/mol. The molecule has 3 atom stereocenters. The van der Waals surface area contributed by atoms with Crippen molar-refractivity contribution in [3.63, 3.8) is 0 Å². The molecule has 0 saturated carbocycles. The molecule has 0 spiro atoms. The third kappa shape index (κ3) is 4.42. The van der Waals surface area contributed by atoms with Gasteiger partial charge in [-0.1, -0.05) is 20.3 Å². The van der Waals surface area contributed by atoms with Gasteiger partial charge in [-0.15, -0.1) is 0 Å².